The van der Waals surface area contributed by atoms with Crippen LogP contribution >= 0.6 is 15.9 Å². The predicted octanol–water partition coefficient (Wildman–Crippen LogP) is 7.00. The van der Waals surface area contributed by atoms with E-state index in [4.69, 9.17) is 5.73 Å². The van der Waals surface area contributed by atoms with Crippen LogP contribution in [0.15, 0.2) is 71.2 Å². The molecule has 0 unspecified atom stereocenters. The van der Waals surface area contributed by atoms with Gasteiger partial charge in [0.05, 0.1) is 11.0 Å². The molecule has 3 aromatic carbocycles. The first-order valence-electron chi connectivity index (χ1n) is 11.9. The summed E-state index contributed by atoms with van der Waals surface area (Å²) in [5, 5.41) is 2.99. The molecule has 0 aliphatic heterocycles. The van der Waals surface area contributed by atoms with Crippen LogP contribution in [0.4, 0.5) is 11.6 Å². The van der Waals surface area contributed by atoms with E-state index in [1.54, 1.807) is 0 Å². The van der Waals surface area contributed by atoms with E-state index in [-0.39, 0.29) is 5.91 Å². The molecule has 0 atom stereocenters. The lowest BCUT2D eigenvalue weighted by atomic mass is 10.1. The van der Waals surface area contributed by atoms with Gasteiger partial charge < -0.3 is 15.6 Å². The fraction of sp³-hybridized carbons (Fsp3) is 0.286. The Morgan fingerprint density at radius 3 is 2.32 bits per heavy atom. The van der Waals surface area contributed by atoms with Crippen LogP contribution in [0.1, 0.15) is 54.1 Å². The number of nitrogens with one attached hydrogen (secondary N) is 1. The third-order valence-corrected chi connectivity index (χ3v) is 6.61. The van der Waals surface area contributed by atoms with Crippen molar-refractivity contribution in [1.29, 1.82) is 0 Å². The number of carbonyl (C=O) groups excluding carboxylic acids is 1. The number of carbonyl (C=O) groups is 1. The summed E-state index contributed by atoms with van der Waals surface area (Å²) in [5.74, 6) is 0.370. The fourth-order valence-electron chi connectivity index (χ4n) is 4.16. The first kappa shape index (κ1) is 24.0. The maximum absolute atomic E-state index is 12.7. The van der Waals surface area contributed by atoms with Crippen molar-refractivity contribution in [3.63, 3.8) is 0 Å². The third kappa shape index (κ3) is 6.06. The number of anilines is 2. The van der Waals surface area contributed by atoms with Gasteiger partial charge in [0.25, 0.3) is 5.91 Å². The van der Waals surface area contributed by atoms with Gasteiger partial charge in [-0.2, -0.15) is 0 Å². The summed E-state index contributed by atoms with van der Waals surface area (Å²) in [6, 6.07) is 22.0. The number of hydrogen-bond acceptors (Lipinski definition) is 3. The number of imidazole rings is 1. The van der Waals surface area contributed by atoms with Crippen molar-refractivity contribution >= 4 is 44.5 Å². The van der Waals surface area contributed by atoms with Gasteiger partial charge in [-0.05, 0) is 79.3 Å². The van der Waals surface area contributed by atoms with Crippen LogP contribution < -0.4 is 11.1 Å². The van der Waals surface area contributed by atoms with Gasteiger partial charge in [-0.1, -0.05) is 60.0 Å². The Hall–Kier alpha value is -3.12. The molecule has 0 radical (unpaired) electrons. The summed E-state index contributed by atoms with van der Waals surface area (Å²) < 4.78 is 3.13. The molecule has 0 saturated heterocycles. The van der Waals surface area contributed by atoms with Crippen molar-refractivity contribution in [2.75, 3.05) is 11.1 Å². The second kappa shape index (κ2) is 11.3. The zero-order valence-electron chi connectivity index (χ0n) is 19.6. The molecule has 1 heterocycles. The first-order valence-corrected chi connectivity index (χ1v) is 12.7. The second-order valence-corrected chi connectivity index (χ2v) is 9.58. The topological polar surface area (TPSA) is 72.9 Å². The number of halogens is 1. The van der Waals surface area contributed by atoms with Crippen molar-refractivity contribution < 1.29 is 4.79 Å². The van der Waals surface area contributed by atoms with E-state index >= 15 is 0 Å². The molecule has 0 saturated carbocycles. The van der Waals surface area contributed by atoms with Crippen LogP contribution in [0.25, 0.3) is 11.0 Å². The summed E-state index contributed by atoms with van der Waals surface area (Å²) in [6.45, 7) is 2.99. The SMILES string of the molecule is CCCCCc1ccc(C(=O)Nc2ccc3c(c2)nc(N)n3CCCc2ccc(Br)cc2)cc1. The Labute approximate surface area is 209 Å². The Kier molecular flexibility index (Phi) is 8.01. The van der Waals surface area contributed by atoms with E-state index < -0.39 is 0 Å². The number of aryl methyl sites for hydroxylation is 3. The van der Waals surface area contributed by atoms with Crippen molar-refractivity contribution in [2.45, 2.75) is 52.0 Å². The third-order valence-electron chi connectivity index (χ3n) is 6.08. The largest absolute Gasteiger partial charge is 0.369 e. The van der Waals surface area contributed by atoms with Crippen molar-refractivity contribution in [3.05, 3.63) is 87.9 Å². The van der Waals surface area contributed by atoms with E-state index in [9.17, 15) is 4.79 Å². The Morgan fingerprint density at radius 1 is 0.941 bits per heavy atom. The standard InChI is InChI=1S/C28H31BrN4O/c1-2-3-4-6-20-8-12-22(13-9-20)27(34)31-24-16-17-26-25(19-24)32-28(30)33(26)18-5-7-21-10-14-23(29)15-11-21/h8-17,19H,2-7,18H2,1H3,(H2,30,32)(H,31,34). The summed E-state index contributed by atoms with van der Waals surface area (Å²) in [7, 11) is 0. The number of unbranched alkanes of at least 4 members (excludes halogenated alkanes) is 2. The normalized spacial score (nSPS) is 11.1. The molecule has 4 rings (SSSR count). The number of nitrogens with two attached hydrogens (primary N) is 1. The molecule has 0 aliphatic rings. The number of nitrogen functional groups attached to an aromatic ring is 1. The highest BCUT2D eigenvalue weighted by molar-refractivity contribution is 9.10. The number of aromatic nitrogens is 2. The highest BCUT2D eigenvalue weighted by Gasteiger charge is 2.11. The zero-order valence-corrected chi connectivity index (χ0v) is 21.1. The molecule has 0 bridgehead atoms. The molecule has 0 spiro atoms. The van der Waals surface area contributed by atoms with Crippen LogP contribution in [-0.4, -0.2) is 15.5 Å². The lowest BCUT2D eigenvalue weighted by molar-refractivity contribution is 0.102. The molecular formula is C28H31BrN4O. The van der Waals surface area contributed by atoms with Gasteiger partial charge in [0, 0.05) is 22.3 Å². The molecule has 6 heteroatoms. The summed E-state index contributed by atoms with van der Waals surface area (Å²) in [4.78, 5) is 17.2. The monoisotopic (exact) mass is 518 g/mol. The molecule has 0 fully saturated rings. The Bertz CT molecular complexity index is 1250. The quantitative estimate of drug-likeness (QED) is 0.222. The maximum atomic E-state index is 12.7. The zero-order chi connectivity index (χ0) is 23.9. The van der Waals surface area contributed by atoms with Crippen molar-refractivity contribution in [2.24, 2.45) is 0 Å². The van der Waals surface area contributed by atoms with Crippen LogP contribution in [0, 0.1) is 0 Å². The van der Waals surface area contributed by atoms with E-state index in [1.807, 2.05) is 47.0 Å². The summed E-state index contributed by atoms with van der Waals surface area (Å²) >= 11 is 3.47. The summed E-state index contributed by atoms with van der Waals surface area (Å²) in [6.07, 6.45) is 6.61. The molecule has 5 nitrogen and oxygen atoms in total. The number of fused-ring (bicyclic) bond motifs is 1. The molecule has 0 aliphatic carbocycles. The van der Waals surface area contributed by atoms with E-state index in [0.717, 1.165) is 41.3 Å². The lowest BCUT2D eigenvalue weighted by Gasteiger charge is -2.08. The molecule has 1 amide bonds. The van der Waals surface area contributed by atoms with Gasteiger partial charge in [-0.15, -0.1) is 0 Å². The average molecular weight is 519 g/mol. The van der Waals surface area contributed by atoms with Crippen LogP contribution in [0.5, 0.6) is 0 Å². The Balaban J connectivity index is 1.38. The highest BCUT2D eigenvalue weighted by Crippen LogP contribution is 2.23. The van der Waals surface area contributed by atoms with Gasteiger partial charge in [0.2, 0.25) is 5.95 Å². The molecule has 1 aromatic heterocycles. The second-order valence-electron chi connectivity index (χ2n) is 8.66. The molecule has 3 N–H and O–H groups in total. The Morgan fingerprint density at radius 2 is 1.62 bits per heavy atom. The minimum Gasteiger partial charge on any atom is -0.369 e. The lowest BCUT2D eigenvalue weighted by Crippen LogP contribution is -2.11. The van der Waals surface area contributed by atoms with Gasteiger partial charge in [0.1, 0.15) is 0 Å². The van der Waals surface area contributed by atoms with Crippen molar-refractivity contribution in [1.82, 2.24) is 9.55 Å². The minimum absolute atomic E-state index is 0.124. The van der Waals surface area contributed by atoms with Crippen LogP contribution in [0.2, 0.25) is 0 Å². The fourth-order valence-corrected chi connectivity index (χ4v) is 4.42. The maximum Gasteiger partial charge on any atom is 0.255 e. The predicted molar refractivity (Wildman–Crippen MR) is 144 cm³/mol. The van der Waals surface area contributed by atoms with Gasteiger partial charge in [0.15, 0.2) is 0 Å². The number of amides is 1. The number of nitrogens with zero attached hydrogens (tertiary/aromatic N) is 2. The van der Waals surface area contributed by atoms with Gasteiger partial charge >= 0.3 is 0 Å². The smallest absolute Gasteiger partial charge is 0.255 e. The van der Waals surface area contributed by atoms with Gasteiger partial charge in [-0.3, -0.25) is 4.79 Å². The van der Waals surface area contributed by atoms with Crippen molar-refractivity contribution in [3.8, 4) is 0 Å². The highest BCUT2D eigenvalue weighted by atomic mass is 79.9. The van der Waals surface area contributed by atoms with E-state index in [1.165, 1.54) is 30.4 Å². The summed E-state index contributed by atoms with van der Waals surface area (Å²) in [5.41, 5.74) is 11.9. The average Bonchev–Trinajstić information content (AvgIpc) is 3.15. The van der Waals surface area contributed by atoms with Crippen LogP contribution in [-0.2, 0) is 19.4 Å². The molecule has 4 aromatic rings. The van der Waals surface area contributed by atoms with E-state index in [0.29, 0.717) is 17.2 Å². The minimum atomic E-state index is -0.124. The molecule has 34 heavy (non-hydrogen) atoms. The molecule has 176 valence electrons. The number of hydrogen-bond donors (Lipinski definition) is 2. The van der Waals surface area contributed by atoms with E-state index in [2.05, 4.69) is 57.4 Å². The number of rotatable bonds is 10. The molecular weight excluding hydrogens is 488 g/mol. The van der Waals surface area contributed by atoms with Gasteiger partial charge in [-0.25, -0.2) is 4.98 Å². The van der Waals surface area contributed by atoms with Crippen LogP contribution in [0.3, 0.4) is 0 Å². The number of benzene rings is 3. The first-order chi connectivity index (χ1) is 16.5.